The first-order valence-corrected chi connectivity index (χ1v) is 8.72. The third-order valence-electron chi connectivity index (χ3n) is 3.67. The maximum absolute atomic E-state index is 12.2. The number of halogens is 1. The van der Waals surface area contributed by atoms with E-state index in [4.69, 9.17) is 25.8 Å². The van der Waals surface area contributed by atoms with Crippen LogP contribution in [0, 0.1) is 0 Å². The summed E-state index contributed by atoms with van der Waals surface area (Å²) in [5.74, 6) is 0.883. The first-order chi connectivity index (χ1) is 12.7. The van der Waals surface area contributed by atoms with Crippen molar-refractivity contribution in [2.75, 3.05) is 19.5 Å². The maximum atomic E-state index is 12.2. The molecule has 0 unspecified atom stereocenters. The molecule has 0 heterocycles. The Kier molecular flexibility index (Phi) is 6.57. The van der Waals surface area contributed by atoms with Gasteiger partial charge in [-0.15, -0.1) is 0 Å². The van der Waals surface area contributed by atoms with Gasteiger partial charge in [0.2, 0.25) is 0 Å². The lowest BCUT2D eigenvalue weighted by molar-refractivity contribution is 0.0635. The van der Waals surface area contributed by atoms with E-state index in [0.717, 1.165) is 0 Å². The zero-order chi connectivity index (χ0) is 20.2. The van der Waals surface area contributed by atoms with Gasteiger partial charge in [-0.2, -0.15) is 0 Å². The van der Waals surface area contributed by atoms with Gasteiger partial charge in [-0.25, -0.2) is 4.79 Å². The summed E-state index contributed by atoms with van der Waals surface area (Å²) in [6.07, 6.45) is -1.74. The normalized spacial score (nSPS) is 12.3. The highest BCUT2D eigenvalue weighted by molar-refractivity contribution is 6.30. The number of anilines is 1. The van der Waals surface area contributed by atoms with Gasteiger partial charge in [-0.05, 0) is 45.0 Å². The Balaban J connectivity index is 2.43. The van der Waals surface area contributed by atoms with Crippen LogP contribution in [-0.2, 0) is 4.74 Å². The number of hydrogen-bond donors (Lipinski definition) is 2. The van der Waals surface area contributed by atoms with Gasteiger partial charge in [0.1, 0.15) is 11.7 Å². The largest absolute Gasteiger partial charge is 0.493 e. The van der Waals surface area contributed by atoms with Crippen molar-refractivity contribution in [2.24, 2.45) is 0 Å². The van der Waals surface area contributed by atoms with Crippen molar-refractivity contribution in [3.8, 4) is 11.5 Å². The van der Waals surface area contributed by atoms with E-state index < -0.39 is 17.8 Å². The molecule has 0 aliphatic heterocycles. The van der Waals surface area contributed by atoms with Gasteiger partial charge in [0.15, 0.2) is 11.5 Å². The minimum Gasteiger partial charge on any atom is -0.493 e. The van der Waals surface area contributed by atoms with Crippen LogP contribution in [0.4, 0.5) is 10.5 Å². The molecular formula is C20H24ClNO5. The lowest BCUT2D eigenvalue weighted by atomic mass is 9.98. The third kappa shape index (κ3) is 5.28. The van der Waals surface area contributed by atoms with E-state index in [9.17, 15) is 9.90 Å². The Morgan fingerprint density at radius 1 is 1.11 bits per heavy atom. The first-order valence-electron chi connectivity index (χ1n) is 8.34. The number of amides is 1. The summed E-state index contributed by atoms with van der Waals surface area (Å²) < 4.78 is 16.0. The van der Waals surface area contributed by atoms with Gasteiger partial charge >= 0.3 is 6.09 Å². The molecule has 0 aliphatic rings. The predicted octanol–water partition coefficient (Wildman–Crippen LogP) is 4.79. The number of ether oxygens (including phenoxy) is 3. The Hall–Kier alpha value is -2.44. The van der Waals surface area contributed by atoms with Gasteiger partial charge in [-0.3, -0.25) is 5.32 Å². The molecule has 0 aromatic heterocycles. The van der Waals surface area contributed by atoms with Crippen LogP contribution < -0.4 is 14.8 Å². The first kappa shape index (κ1) is 20.9. The van der Waals surface area contributed by atoms with Gasteiger partial charge in [0, 0.05) is 16.1 Å². The highest BCUT2D eigenvalue weighted by Crippen LogP contribution is 2.39. The van der Waals surface area contributed by atoms with E-state index in [1.807, 2.05) is 0 Å². The molecule has 2 N–H and O–H groups in total. The quantitative estimate of drug-likeness (QED) is 0.763. The van der Waals surface area contributed by atoms with Crippen molar-refractivity contribution in [1.82, 2.24) is 0 Å². The van der Waals surface area contributed by atoms with Crippen LogP contribution in [0.15, 0.2) is 36.4 Å². The second-order valence-electron chi connectivity index (χ2n) is 6.84. The fourth-order valence-electron chi connectivity index (χ4n) is 2.58. The summed E-state index contributed by atoms with van der Waals surface area (Å²) in [5.41, 5.74) is 0.614. The Morgan fingerprint density at radius 2 is 1.81 bits per heavy atom. The summed E-state index contributed by atoms with van der Waals surface area (Å²) in [7, 11) is 3.01. The molecule has 7 heteroatoms. The second-order valence-corrected chi connectivity index (χ2v) is 7.28. The van der Waals surface area contributed by atoms with Crippen molar-refractivity contribution in [2.45, 2.75) is 32.5 Å². The van der Waals surface area contributed by atoms with E-state index in [2.05, 4.69) is 5.32 Å². The van der Waals surface area contributed by atoms with E-state index in [-0.39, 0.29) is 0 Å². The van der Waals surface area contributed by atoms with E-state index in [1.165, 1.54) is 14.2 Å². The van der Waals surface area contributed by atoms with Crippen molar-refractivity contribution in [3.05, 3.63) is 52.5 Å². The van der Waals surface area contributed by atoms with Crippen LogP contribution >= 0.6 is 11.6 Å². The number of aliphatic hydroxyl groups is 1. The minimum atomic E-state index is -1.11. The molecule has 0 fully saturated rings. The minimum absolute atomic E-state index is 0.381. The fourth-order valence-corrected chi connectivity index (χ4v) is 2.76. The number of aliphatic hydroxyl groups excluding tert-OH is 1. The number of nitrogens with one attached hydrogen (secondary N) is 1. The van der Waals surface area contributed by atoms with Crippen molar-refractivity contribution >= 4 is 23.4 Å². The zero-order valence-electron chi connectivity index (χ0n) is 16.0. The highest BCUT2D eigenvalue weighted by atomic mass is 35.5. The van der Waals surface area contributed by atoms with E-state index in [1.54, 1.807) is 57.2 Å². The lowest BCUT2D eigenvalue weighted by Crippen LogP contribution is -2.27. The van der Waals surface area contributed by atoms with Crippen LogP contribution in [0.1, 0.15) is 38.0 Å². The number of carbonyl (C=O) groups excluding carboxylic acids is 1. The topological polar surface area (TPSA) is 77.0 Å². The average Bonchev–Trinajstić information content (AvgIpc) is 2.60. The van der Waals surface area contributed by atoms with Crippen LogP contribution in [0.5, 0.6) is 11.5 Å². The van der Waals surface area contributed by atoms with Gasteiger partial charge in [-0.1, -0.05) is 23.7 Å². The molecule has 0 spiro atoms. The van der Waals surface area contributed by atoms with E-state index in [0.29, 0.717) is 33.3 Å². The Bertz CT molecular complexity index is 817. The Labute approximate surface area is 164 Å². The van der Waals surface area contributed by atoms with Crippen molar-refractivity contribution in [3.63, 3.8) is 0 Å². The molecule has 0 saturated heterocycles. The lowest BCUT2D eigenvalue weighted by Gasteiger charge is -2.22. The van der Waals surface area contributed by atoms with Crippen LogP contribution in [0.3, 0.4) is 0 Å². The summed E-state index contributed by atoms with van der Waals surface area (Å²) >= 11 is 6.11. The van der Waals surface area contributed by atoms with Crippen LogP contribution in [0.25, 0.3) is 0 Å². The summed E-state index contributed by atoms with van der Waals surface area (Å²) in [6, 6.07) is 9.99. The molecule has 2 rings (SSSR count). The monoisotopic (exact) mass is 393 g/mol. The zero-order valence-corrected chi connectivity index (χ0v) is 16.8. The number of hydrogen-bond acceptors (Lipinski definition) is 5. The molecule has 6 nitrogen and oxygen atoms in total. The molecule has 0 aliphatic carbocycles. The third-order valence-corrected chi connectivity index (χ3v) is 3.91. The summed E-state index contributed by atoms with van der Waals surface area (Å²) in [6.45, 7) is 5.31. The SMILES string of the molecule is COc1cccc([C@@H](O)c2cc(Cl)ccc2NC(=O)OC(C)(C)C)c1OC. The molecule has 1 atom stereocenters. The number of para-hydroxylation sites is 1. The van der Waals surface area contributed by atoms with E-state index >= 15 is 0 Å². The summed E-state index contributed by atoms with van der Waals surface area (Å²) in [4.78, 5) is 12.2. The molecule has 2 aromatic carbocycles. The molecule has 0 bridgehead atoms. The number of carbonyl (C=O) groups is 1. The molecule has 146 valence electrons. The molecule has 1 amide bonds. The number of methoxy groups -OCH3 is 2. The van der Waals surface area contributed by atoms with Crippen LogP contribution in [-0.4, -0.2) is 31.0 Å². The second kappa shape index (κ2) is 8.50. The molecule has 27 heavy (non-hydrogen) atoms. The molecule has 2 aromatic rings. The highest BCUT2D eigenvalue weighted by Gasteiger charge is 2.23. The maximum Gasteiger partial charge on any atom is 0.412 e. The standard InChI is InChI=1S/C20H24ClNO5/c1-20(2,3)27-19(24)22-15-10-9-12(21)11-14(15)17(23)13-7-6-8-16(25-4)18(13)26-5/h6-11,17,23H,1-5H3,(H,22,24)/t17-/m1/s1. The number of benzene rings is 2. The molecule has 0 radical (unpaired) electrons. The van der Waals surface area contributed by atoms with Gasteiger partial charge in [0.05, 0.1) is 19.9 Å². The van der Waals surface area contributed by atoms with Gasteiger partial charge in [0.25, 0.3) is 0 Å². The molecule has 0 saturated carbocycles. The van der Waals surface area contributed by atoms with Gasteiger partial charge < -0.3 is 19.3 Å². The number of rotatable bonds is 5. The molecular weight excluding hydrogens is 370 g/mol. The smallest absolute Gasteiger partial charge is 0.412 e. The Morgan fingerprint density at radius 3 is 2.41 bits per heavy atom. The van der Waals surface area contributed by atoms with Crippen molar-refractivity contribution < 1.29 is 24.1 Å². The summed E-state index contributed by atoms with van der Waals surface area (Å²) in [5, 5.41) is 14.1. The predicted molar refractivity (Wildman–Crippen MR) is 105 cm³/mol. The van der Waals surface area contributed by atoms with Crippen molar-refractivity contribution in [1.29, 1.82) is 0 Å². The average molecular weight is 394 g/mol. The fraction of sp³-hybridized carbons (Fsp3) is 0.350. The van der Waals surface area contributed by atoms with Crippen LogP contribution in [0.2, 0.25) is 5.02 Å².